The van der Waals surface area contributed by atoms with Crippen molar-refractivity contribution in [3.63, 3.8) is 0 Å². The summed E-state index contributed by atoms with van der Waals surface area (Å²) in [5.74, 6) is -0.483. The molecule has 5 aromatic rings. The molecule has 37 heavy (non-hydrogen) atoms. The molecule has 7 heteroatoms. The van der Waals surface area contributed by atoms with E-state index in [-0.39, 0.29) is 6.16 Å². The molecule has 4 nitrogen and oxygen atoms in total. The van der Waals surface area contributed by atoms with E-state index in [0.717, 1.165) is 33.7 Å². The molecule has 188 valence electrons. The van der Waals surface area contributed by atoms with Gasteiger partial charge in [0.05, 0.1) is 0 Å². The van der Waals surface area contributed by atoms with Crippen LogP contribution in [0.3, 0.4) is 0 Å². The molecule has 1 amide bonds. The number of anilines is 1. The molecule has 2 N–H and O–H groups in total. The van der Waals surface area contributed by atoms with Crippen molar-refractivity contribution in [2.45, 2.75) is 24.9 Å². The maximum Gasteiger partial charge on any atom is 0.241 e. The number of carbonyl (C=O) groups excluding carboxylic acids is 1. The highest BCUT2D eigenvalue weighted by Crippen LogP contribution is 2.58. The summed E-state index contributed by atoms with van der Waals surface area (Å²) in [7, 11) is -3.92. The van der Waals surface area contributed by atoms with Crippen molar-refractivity contribution in [1.82, 2.24) is 0 Å². The van der Waals surface area contributed by atoms with E-state index in [1.54, 1.807) is 12.1 Å². The Balaban J connectivity index is 1.42. The zero-order valence-corrected chi connectivity index (χ0v) is 22.6. The maximum absolute atomic E-state index is 13.9. The molecule has 1 heterocycles. The lowest BCUT2D eigenvalue weighted by atomic mass is 10.1. The summed E-state index contributed by atoms with van der Waals surface area (Å²) < 4.78 is 14.8. The zero-order valence-electron chi connectivity index (χ0n) is 20.1. The van der Waals surface area contributed by atoms with Crippen LogP contribution in [-0.2, 0) is 15.8 Å². The van der Waals surface area contributed by atoms with Gasteiger partial charge in [0.2, 0.25) is 13.3 Å². The number of aryl methyl sites for hydroxylation is 1. The summed E-state index contributed by atoms with van der Waals surface area (Å²) in [6.45, 7) is 0. The smallest absolute Gasteiger partial charge is 0.241 e. The fourth-order valence-corrected chi connectivity index (χ4v) is 7.95. The van der Waals surface area contributed by atoms with Crippen molar-refractivity contribution >= 4 is 62.8 Å². The minimum atomic E-state index is -3.92. The summed E-state index contributed by atoms with van der Waals surface area (Å²) in [6, 6.07) is 29.0. The fraction of sp³-hybridized carbons (Fsp3) is 0.167. The van der Waals surface area contributed by atoms with Crippen LogP contribution in [0.2, 0.25) is 5.02 Å². The summed E-state index contributed by atoms with van der Waals surface area (Å²) in [5, 5.41) is 8.05. The molecule has 0 bridgehead atoms. The van der Waals surface area contributed by atoms with Crippen LogP contribution in [0.25, 0.3) is 20.9 Å². The Hall–Kier alpha value is -2.95. The average molecular weight is 548 g/mol. The molecule has 0 radical (unpaired) electrons. The van der Waals surface area contributed by atoms with Crippen molar-refractivity contribution in [2.24, 2.45) is 0 Å². The second-order valence-electron chi connectivity index (χ2n) is 9.21. The summed E-state index contributed by atoms with van der Waals surface area (Å²) >= 11 is 7.71. The van der Waals surface area contributed by atoms with Gasteiger partial charge in [-0.05, 0) is 82.3 Å². The van der Waals surface area contributed by atoms with Crippen LogP contribution < -0.4 is 5.32 Å². The molecule has 2 unspecified atom stereocenters. The normalized spacial score (nSPS) is 13.9. The first kappa shape index (κ1) is 25.7. The van der Waals surface area contributed by atoms with Crippen molar-refractivity contribution in [3.8, 4) is 0 Å². The van der Waals surface area contributed by atoms with E-state index in [1.807, 2.05) is 72.1 Å². The van der Waals surface area contributed by atoms with Crippen LogP contribution in [0.5, 0.6) is 0 Å². The number of amides is 1. The summed E-state index contributed by atoms with van der Waals surface area (Å²) in [5.41, 5.74) is 1.15. The number of thiophene rings is 1. The molecule has 0 saturated heterocycles. The molecule has 0 aliphatic heterocycles. The predicted molar refractivity (Wildman–Crippen MR) is 156 cm³/mol. The Labute approximate surface area is 225 Å². The number of nitrogens with one attached hydrogen (secondary N) is 1. The highest BCUT2D eigenvalue weighted by molar-refractivity contribution is 7.59. The van der Waals surface area contributed by atoms with E-state index in [2.05, 4.69) is 17.4 Å². The van der Waals surface area contributed by atoms with Gasteiger partial charge in [-0.25, -0.2) is 0 Å². The van der Waals surface area contributed by atoms with E-state index >= 15 is 0 Å². The van der Waals surface area contributed by atoms with Crippen LogP contribution >= 0.6 is 30.3 Å². The van der Waals surface area contributed by atoms with Gasteiger partial charge in [0.1, 0.15) is 5.66 Å². The van der Waals surface area contributed by atoms with Gasteiger partial charge in [0.25, 0.3) is 0 Å². The van der Waals surface area contributed by atoms with Crippen molar-refractivity contribution in [3.05, 3.63) is 113 Å². The number of hydrogen-bond donors (Lipinski definition) is 2. The van der Waals surface area contributed by atoms with Crippen LogP contribution in [0, 0.1) is 0 Å². The number of fused-ring (bicyclic) bond motifs is 2. The first-order chi connectivity index (χ1) is 17.9. The first-order valence-electron chi connectivity index (χ1n) is 12.2. The van der Waals surface area contributed by atoms with Gasteiger partial charge in [-0.3, -0.25) is 9.36 Å². The van der Waals surface area contributed by atoms with Gasteiger partial charge >= 0.3 is 0 Å². The molecule has 4 aromatic carbocycles. The molecule has 0 aliphatic rings. The summed E-state index contributed by atoms with van der Waals surface area (Å²) in [6.07, 6.45) is 2.20. The third-order valence-corrected chi connectivity index (χ3v) is 10.1. The third-order valence-electron chi connectivity index (χ3n) is 6.57. The standard InChI is InChI=1S/C30H27ClNO3PS/c31-24-14-16-28-26(19-24)27(20-37-28)29(36(34,35)17-7-6-10-21-8-2-1-3-9-21)30(33)32-25-15-13-22-11-4-5-12-23(22)18-25/h1-5,8-9,11-16,18-20,29H,6-7,10,17H2,(H,32,33)(H,34,35). The Morgan fingerprint density at radius 1 is 0.919 bits per heavy atom. The van der Waals surface area contributed by atoms with Gasteiger partial charge in [-0.2, -0.15) is 0 Å². The van der Waals surface area contributed by atoms with E-state index in [0.29, 0.717) is 22.7 Å². The van der Waals surface area contributed by atoms with Crippen LogP contribution in [0.15, 0.2) is 96.4 Å². The van der Waals surface area contributed by atoms with Gasteiger partial charge in [0.15, 0.2) is 0 Å². The monoisotopic (exact) mass is 547 g/mol. The maximum atomic E-state index is 13.9. The SMILES string of the molecule is O=C(Nc1ccc2ccccc2c1)C(c1csc2ccc(Cl)cc12)P(=O)(O)CCCCc1ccccc1. The number of benzene rings is 4. The van der Waals surface area contributed by atoms with Crippen molar-refractivity contribution in [1.29, 1.82) is 0 Å². The Bertz CT molecular complexity index is 1600. The topological polar surface area (TPSA) is 66.4 Å². The van der Waals surface area contributed by atoms with Crippen LogP contribution in [0.4, 0.5) is 5.69 Å². The van der Waals surface area contributed by atoms with Gasteiger partial charge in [-0.1, -0.05) is 72.3 Å². The van der Waals surface area contributed by atoms with Crippen molar-refractivity contribution in [2.75, 3.05) is 11.5 Å². The van der Waals surface area contributed by atoms with E-state index in [9.17, 15) is 14.3 Å². The third kappa shape index (κ3) is 5.97. The van der Waals surface area contributed by atoms with Crippen LogP contribution in [-0.4, -0.2) is 17.0 Å². The molecule has 5 rings (SSSR count). The number of carbonyl (C=O) groups is 1. The molecule has 0 saturated carbocycles. The van der Waals surface area contributed by atoms with Crippen molar-refractivity contribution < 1.29 is 14.3 Å². The zero-order chi connectivity index (χ0) is 25.8. The molecular weight excluding hydrogens is 521 g/mol. The number of hydrogen-bond acceptors (Lipinski definition) is 3. The minimum absolute atomic E-state index is 0.0630. The predicted octanol–water partition coefficient (Wildman–Crippen LogP) is 8.68. The second-order valence-corrected chi connectivity index (χ2v) is 13.0. The lowest BCUT2D eigenvalue weighted by molar-refractivity contribution is -0.116. The molecule has 0 fully saturated rings. The molecule has 1 aromatic heterocycles. The lowest BCUT2D eigenvalue weighted by Crippen LogP contribution is -2.22. The average Bonchev–Trinajstić information content (AvgIpc) is 3.29. The molecule has 0 spiro atoms. The summed E-state index contributed by atoms with van der Waals surface area (Å²) in [4.78, 5) is 25.1. The first-order valence-corrected chi connectivity index (χ1v) is 15.4. The molecule has 2 atom stereocenters. The Kier molecular flexibility index (Phi) is 7.78. The Morgan fingerprint density at radius 2 is 1.68 bits per heavy atom. The minimum Gasteiger partial charge on any atom is -0.343 e. The number of rotatable bonds is 9. The quantitative estimate of drug-likeness (QED) is 0.143. The van der Waals surface area contributed by atoms with Gasteiger partial charge in [-0.15, -0.1) is 11.3 Å². The largest absolute Gasteiger partial charge is 0.343 e. The molecule has 0 aliphatic carbocycles. The van der Waals surface area contributed by atoms with E-state index < -0.39 is 18.9 Å². The second kappa shape index (κ2) is 11.2. The number of unbranched alkanes of at least 4 members (excludes halogenated alkanes) is 1. The van der Waals surface area contributed by atoms with Crippen LogP contribution in [0.1, 0.15) is 29.6 Å². The van der Waals surface area contributed by atoms with Gasteiger partial charge in [0, 0.05) is 21.6 Å². The number of halogens is 1. The highest BCUT2D eigenvalue weighted by Gasteiger charge is 2.39. The molecular formula is C30H27ClNO3PS. The van der Waals surface area contributed by atoms with E-state index in [4.69, 9.17) is 11.6 Å². The van der Waals surface area contributed by atoms with Gasteiger partial charge < -0.3 is 10.2 Å². The van der Waals surface area contributed by atoms with E-state index in [1.165, 1.54) is 16.9 Å². The lowest BCUT2D eigenvalue weighted by Gasteiger charge is -2.23. The highest BCUT2D eigenvalue weighted by atomic mass is 35.5. The Morgan fingerprint density at radius 3 is 2.49 bits per heavy atom. The fourth-order valence-electron chi connectivity index (χ4n) is 4.69.